The van der Waals surface area contributed by atoms with Gasteiger partial charge in [-0.2, -0.15) is 0 Å². The predicted octanol–water partition coefficient (Wildman–Crippen LogP) is 2.58. The number of thioether (sulfide) groups is 1. The molecule has 0 unspecified atom stereocenters. The Balaban J connectivity index is 1.80. The van der Waals surface area contributed by atoms with Crippen molar-refractivity contribution in [1.29, 1.82) is 0 Å². The normalized spacial score (nSPS) is 14.3. The summed E-state index contributed by atoms with van der Waals surface area (Å²) < 4.78 is 2.59. The highest BCUT2D eigenvalue weighted by Crippen LogP contribution is 2.22. The Kier molecular flexibility index (Phi) is 4.28. The fraction of sp³-hybridized carbons (Fsp3) is 0.333. The highest BCUT2D eigenvalue weighted by Gasteiger charge is 2.25. The van der Waals surface area contributed by atoms with Crippen LogP contribution in [0, 0.1) is 0 Å². The first-order chi connectivity index (χ1) is 12.6. The summed E-state index contributed by atoms with van der Waals surface area (Å²) in [6, 6.07) is 7.64. The lowest BCUT2D eigenvalue weighted by atomic mass is 10.2. The first kappa shape index (κ1) is 16.8. The van der Waals surface area contributed by atoms with E-state index in [-0.39, 0.29) is 11.7 Å². The van der Waals surface area contributed by atoms with E-state index in [0.29, 0.717) is 30.1 Å². The summed E-state index contributed by atoms with van der Waals surface area (Å²) in [4.78, 5) is 37.2. The molecule has 0 bridgehead atoms. The number of aromatic nitrogens is 4. The number of hydrogen-bond acceptors (Lipinski definition) is 5. The predicted molar refractivity (Wildman–Crippen MR) is 102 cm³/mol. The molecule has 0 saturated carbocycles. The van der Waals surface area contributed by atoms with Gasteiger partial charge in [-0.3, -0.25) is 4.57 Å². The summed E-state index contributed by atoms with van der Waals surface area (Å²) in [5.41, 5.74) is 1.39. The smallest absolute Gasteiger partial charge is 0.324 e. The zero-order valence-electron chi connectivity index (χ0n) is 14.7. The Morgan fingerprint density at radius 3 is 2.50 bits per heavy atom. The van der Waals surface area contributed by atoms with Crippen LogP contribution in [0.25, 0.3) is 22.6 Å². The second-order valence-electron chi connectivity index (χ2n) is 6.28. The number of amides is 1. The largest absolute Gasteiger partial charge is 0.338 e. The standard InChI is InChI=1S/C18H19N5O2S/c1-21-16-14(23(17(21)24)18(25)22-9-3-4-10-22)11-19-15(20-16)12-5-7-13(26-2)8-6-12/h5-8,11H,3-4,9-10H2,1-2H3. The minimum absolute atomic E-state index is 0.293. The van der Waals surface area contributed by atoms with Crippen LogP contribution in [0.5, 0.6) is 0 Å². The number of hydrogen-bond donors (Lipinski definition) is 0. The van der Waals surface area contributed by atoms with Crippen molar-refractivity contribution in [3.05, 3.63) is 40.9 Å². The molecule has 4 rings (SSSR count). The minimum atomic E-state index is -0.388. The number of benzene rings is 1. The van der Waals surface area contributed by atoms with Gasteiger partial charge in [0.25, 0.3) is 0 Å². The molecule has 7 nitrogen and oxygen atoms in total. The molecule has 0 radical (unpaired) electrons. The van der Waals surface area contributed by atoms with Crippen molar-refractivity contribution in [2.45, 2.75) is 17.7 Å². The molecule has 1 aromatic carbocycles. The van der Waals surface area contributed by atoms with E-state index >= 15 is 0 Å². The molecule has 1 aliphatic rings. The summed E-state index contributed by atoms with van der Waals surface area (Å²) in [6.07, 6.45) is 5.53. The molecule has 134 valence electrons. The van der Waals surface area contributed by atoms with E-state index in [1.807, 2.05) is 30.5 Å². The second kappa shape index (κ2) is 6.60. The molecular formula is C18H19N5O2S. The van der Waals surface area contributed by atoms with Crippen molar-refractivity contribution in [3.8, 4) is 11.4 Å². The Bertz CT molecular complexity index is 1030. The van der Waals surface area contributed by atoms with Crippen LogP contribution in [0.15, 0.2) is 40.2 Å². The minimum Gasteiger partial charge on any atom is -0.324 e. The van der Waals surface area contributed by atoms with E-state index in [2.05, 4.69) is 9.97 Å². The van der Waals surface area contributed by atoms with Crippen molar-refractivity contribution >= 4 is 29.0 Å². The average molecular weight is 369 g/mol. The molecule has 1 saturated heterocycles. The topological polar surface area (TPSA) is 73.0 Å². The first-order valence-electron chi connectivity index (χ1n) is 8.48. The van der Waals surface area contributed by atoms with Crippen molar-refractivity contribution < 1.29 is 4.79 Å². The average Bonchev–Trinajstić information content (AvgIpc) is 3.29. The highest BCUT2D eigenvalue weighted by atomic mass is 32.2. The van der Waals surface area contributed by atoms with Crippen LogP contribution < -0.4 is 5.69 Å². The van der Waals surface area contributed by atoms with Gasteiger partial charge >= 0.3 is 11.7 Å². The van der Waals surface area contributed by atoms with E-state index in [1.54, 1.807) is 29.9 Å². The zero-order valence-corrected chi connectivity index (χ0v) is 15.5. The number of imidazole rings is 1. The fourth-order valence-corrected chi connectivity index (χ4v) is 3.64. The van der Waals surface area contributed by atoms with Crippen molar-refractivity contribution in [1.82, 2.24) is 24.0 Å². The van der Waals surface area contributed by atoms with E-state index < -0.39 is 0 Å². The van der Waals surface area contributed by atoms with Crippen LogP contribution >= 0.6 is 11.8 Å². The lowest BCUT2D eigenvalue weighted by Gasteiger charge is -2.14. The van der Waals surface area contributed by atoms with Crippen LogP contribution in [0.3, 0.4) is 0 Å². The maximum atomic E-state index is 12.7. The number of rotatable bonds is 2. The van der Waals surface area contributed by atoms with Gasteiger partial charge in [-0.15, -0.1) is 11.8 Å². The number of nitrogens with zero attached hydrogens (tertiary/aromatic N) is 5. The van der Waals surface area contributed by atoms with Gasteiger partial charge < -0.3 is 4.90 Å². The molecule has 0 aliphatic carbocycles. The highest BCUT2D eigenvalue weighted by molar-refractivity contribution is 7.98. The third-order valence-electron chi connectivity index (χ3n) is 4.70. The van der Waals surface area contributed by atoms with E-state index in [4.69, 9.17) is 0 Å². The molecule has 3 heterocycles. The summed E-state index contributed by atoms with van der Waals surface area (Å²) in [7, 11) is 1.63. The molecule has 3 aromatic rings. The second-order valence-corrected chi connectivity index (χ2v) is 7.16. The summed E-state index contributed by atoms with van der Waals surface area (Å²) in [5, 5.41) is 0. The molecular weight excluding hydrogens is 350 g/mol. The molecule has 1 amide bonds. The SMILES string of the molecule is CSc1ccc(-c2ncc3c(n2)n(C)c(=O)n3C(=O)N2CCCC2)cc1. The molecule has 8 heteroatoms. The van der Waals surface area contributed by atoms with Gasteiger partial charge in [0, 0.05) is 30.6 Å². The molecule has 1 fully saturated rings. The Morgan fingerprint density at radius 2 is 1.85 bits per heavy atom. The van der Waals surface area contributed by atoms with Crippen LogP contribution in [0.4, 0.5) is 4.79 Å². The van der Waals surface area contributed by atoms with Crippen molar-refractivity contribution in [3.63, 3.8) is 0 Å². The van der Waals surface area contributed by atoms with E-state index in [9.17, 15) is 9.59 Å². The lowest BCUT2D eigenvalue weighted by Crippen LogP contribution is -2.38. The van der Waals surface area contributed by atoms with Gasteiger partial charge in [0.2, 0.25) is 0 Å². The number of fused-ring (bicyclic) bond motifs is 1. The monoisotopic (exact) mass is 369 g/mol. The number of carbonyl (C=O) groups excluding carboxylic acids is 1. The van der Waals surface area contributed by atoms with Gasteiger partial charge in [0.1, 0.15) is 5.52 Å². The third-order valence-corrected chi connectivity index (χ3v) is 5.45. The third kappa shape index (κ3) is 2.70. The molecule has 0 atom stereocenters. The van der Waals surface area contributed by atoms with Gasteiger partial charge in [-0.1, -0.05) is 12.1 Å². The van der Waals surface area contributed by atoms with Crippen LogP contribution in [0.2, 0.25) is 0 Å². The van der Waals surface area contributed by atoms with Gasteiger partial charge in [-0.05, 0) is 31.2 Å². The number of aryl methyl sites for hydroxylation is 1. The molecule has 0 spiro atoms. The fourth-order valence-electron chi connectivity index (χ4n) is 3.23. The van der Waals surface area contributed by atoms with Crippen LogP contribution in [0.1, 0.15) is 12.8 Å². The van der Waals surface area contributed by atoms with Crippen LogP contribution in [-0.2, 0) is 7.05 Å². The lowest BCUT2D eigenvalue weighted by molar-refractivity contribution is 0.210. The van der Waals surface area contributed by atoms with Gasteiger partial charge in [0.05, 0.1) is 6.20 Å². The van der Waals surface area contributed by atoms with Crippen molar-refractivity contribution in [2.24, 2.45) is 7.05 Å². The quantitative estimate of drug-likeness (QED) is 0.649. The Labute approximate surface area is 154 Å². The molecule has 2 aromatic heterocycles. The first-order valence-corrected chi connectivity index (χ1v) is 9.71. The van der Waals surface area contributed by atoms with Crippen molar-refractivity contribution in [2.75, 3.05) is 19.3 Å². The molecule has 0 N–H and O–H groups in total. The summed E-state index contributed by atoms with van der Waals surface area (Å²) >= 11 is 1.67. The van der Waals surface area contributed by atoms with E-state index in [1.165, 1.54) is 9.13 Å². The van der Waals surface area contributed by atoms with Crippen LogP contribution in [-0.4, -0.2) is 49.4 Å². The molecule has 26 heavy (non-hydrogen) atoms. The van der Waals surface area contributed by atoms with E-state index in [0.717, 1.165) is 23.3 Å². The number of carbonyl (C=O) groups is 1. The molecule has 1 aliphatic heterocycles. The van der Waals surface area contributed by atoms with Gasteiger partial charge in [-0.25, -0.2) is 24.1 Å². The number of likely N-dealkylation sites (tertiary alicyclic amines) is 1. The summed E-state index contributed by atoms with van der Waals surface area (Å²) in [6.45, 7) is 1.37. The van der Waals surface area contributed by atoms with Gasteiger partial charge in [0.15, 0.2) is 11.5 Å². The maximum Gasteiger partial charge on any atom is 0.338 e. The summed E-state index contributed by atoms with van der Waals surface area (Å²) in [5.74, 6) is 0.534. The Hall–Kier alpha value is -2.61. The zero-order chi connectivity index (χ0) is 18.3. The Morgan fingerprint density at radius 1 is 1.15 bits per heavy atom. The maximum absolute atomic E-state index is 12.7.